The molecule has 1 heterocycles. The lowest BCUT2D eigenvalue weighted by Crippen LogP contribution is -2.06. The number of rotatable bonds is 7. The normalized spacial score (nSPS) is 11.4. The highest BCUT2D eigenvalue weighted by Gasteiger charge is 2.15. The number of oxime groups is 1. The van der Waals surface area contributed by atoms with Gasteiger partial charge in [-0.3, -0.25) is 4.98 Å². The van der Waals surface area contributed by atoms with E-state index in [1.54, 1.807) is 12.3 Å². The second-order valence-corrected chi connectivity index (χ2v) is 8.60. The van der Waals surface area contributed by atoms with Crippen LogP contribution in [0, 0.1) is 19.7 Å². The van der Waals surface area contributed by atoms with E-state index >= 15 is 0 Å². The summed E-state index contributed by atoms with van der Waals surface area (Å²) in [6.07, 6.45) is 2.95. The predicted molar refractivity (Wildman–Crippen MR) is 139 cm³/mol. The van der Waals surface area contributed by atoms with Gasteiger partial charge in [0.1, 0.15) is 5.82 Å². The van der Waals surface area contributed by atoms with Crippen LogP contribution in [-0.4, -0.2) is 29.0 Å². The van der Waals surface area contributed by atoms with Crippen LogP contribution in [0.15, 0.2) is 84.1 Å². The number of methoxy groups -OCH3 is 1. The van der Waals surface area contributed by atoms with Gasteiger partial charge in [0.25, 0.3) is 0 Å². The smallest absolute Gasteiger partial charge is 0.340 e. The maximum atomic E-state index is 14.4. The van der Waals surface area contributed by atoms with Gasteiger partial charge in [-0.25, -0.2) is 9.18 Å². The Labute approximate surface area is 209 Å². The Kier molecular flexibility index (Phi) is 7.54. The van der Waals surface area contributed by atoms with E-state index in [9.17, 15) is 14.4 Å². The molecule has 0 radical (unpaired) electrons. The SMILES string of the molecule is COC(=O)c1ccc(-c2cccc(CC/C(=N/O)c3cccc(-c4ccnc(C)c4)c3C)c2)cc1F. The van der Waals surface area contributed by atoms with Gasteiger partial charge in [0.15, 0.2) is 0 Å². The third-order valence-electron chi connectivity index (χ3n) is 6.26. The molecule has 0 atom stereocenters. The summed E-state index contributed by atoms with van der Waals surface area (Å²) in [4.78, 5) is 16.0. The van der Waals surface area contributed by atoms with Crippen molar-refractivity contribution in [2.24, 2.45) is 5.16 Å². The fraction of sp³-hybridized carbons (Fsp3) is 0.167. The maximum absolute atomic E-state index is 14.4. The molecule has 0 fully saturated rings. The summed E-state index contributed by atoms with van der Waals surface area (Å²) in [7, 11) is 1.22. The van der Waals surface area contributed by atoms with Crippen molar-refractivity contribution in [1.29, 1.82) is 0 Å². The van der Waals surface area contributed by atoms with Crippen molar-refractivity contribution in [2.75, 3.05) is 7.11 Å². The van der Waals surface area contributed by atoms with Crippen LogP contribution in [0.25, 0.3) is 22.3 Å². The Morgan fingerprint density at radius 2 is 1.72 bits per heavy atom. The van der Waals surface area contributed by atoms with Crippen LogP contribution < -0.4 is 0 Å². The monoisotopic (exact) mass is 482 g/mol. The zero-order valence-corrected chi connectivity index (χ0v) is 20.5. The number of hydrogen-bond acceptors (Lipinski definition) is 5. The molecule has 3 aromatic carbocycles. The number of esters is 1. The van der Waals surface area contributed by atoms with Gasteiger partial charge in [0.2, 0.25) is 0 Å². The van der Waals surface area contributed by atoms with E-state index < -0.39 is 11.8 Å². The van der Waals surface area contributed by atoms with Crippen LogP contribution in [0.1, 0.15) is 39.2 Å². The minimum absolute atomic E-state index is 0.0965. The van der Waals surface area contributed by atoms with Gasteiger partial charge in [-0.05, 0) is 84.3 Å². The highest BCUT2D eigenvalue weighted by Crippen LogP contribution is 2.28. The molecule has 0 saturated heterocycles. The van der Waals surface area contributed by atoms with Crippen LogP contribution in [0.3, 0.4) is 0 Å². The van der Waals surface area contributed by atoms with E-state index in [2.05, 4.69) is 20.9 Å². The molecule has 0 unspecified atom stereocenters. The lowest BCUT2D eigenvalue weighted by molar-refractivity contribution is 0.0595. The van der Waals surface area contributed by atoms with Crippen LogP contribution in [0.2, 0.25) is 0 Å². The molecule has 1 N–H and O–H groups in total. The standard InChI is InChI=1S/C30H27FN2O3/c1-19-16-24(14-15-32-19)25-8-5-9-26(20(25)2)29(33-35)13-10-21-6-4-7-22(17-21)23-11-12-27(28(31)18-23)30(34)36-3/h4-9,11-12,14-18,35H,10,13H2,1-3H3/b33-29-. The van der Waals surface area contributed by atoms with Crippen molar-refractivity contribution in [2.45, 2.75) is 26.7 Å². The molecule has 1 aromatic heterocycles. The Hall–Kier alpha value is -4.32. The number of benzene rings is 3. The fourth-order valence-electron chi connectivity index (χ4n) is 4.35. The number of halogens is 1. The molecular formula is C30H27FN2O3. The van der Waals surface area contributed by atoms with Gasteiger partial charge in [0.05, 0.1) is 18.4 Å². The number of nitrogens with zero attached hydrogens (tertiary/aromatic N) is 2. The number of aromatic nitrogens is 1. The lowest BCUT2D eigenvalue weighted by Gasteiger charge is -2.13. The summed E-state index contributed by atoms with van der Waals surface area (Å²) >= 11 is 0. The van der Waals surface area contributed by atoms with E-state index in [0.29, 0.717) is 24.1 Å². The molecule has 182 valence electrons. The van der Waals surface area contributed by atoms with Crippen LogP contribution in [0.4, 0.5) is 4.39 Å². The number of hydrogen-bond donors (Lipinski definition) is 1. The Morgan fingerprint density at radius 3 is 2.44 bits per heavy atom. The Morgan fingerprint density at radius 1 is 0.944 bits per heavy atom. The molecule has 36 heavy (non-hydrogen) atoms. The second kappa shape index (κ2) is 11.0. The average Bonchev–Trinajstić information content (AvgIpc) is 2.89. The zero-order valence-electron chi connectivity index (χ0n) is 20.5. The van der Waals surface area contributed by atoms with Crippen molar-refractivity contribution in [1.82, 2.24) is 4.98 Å². The van der Waals surface area contributed by atoms with Gasteiger partial charge in [0, 0.05) is 17.5 Å². The minimum Gasteiger partial charge on any atom is -0.465 e. The number of pyridine rings is 1. The van der Waals surface area contributed by atoms with Crippen LogP contribution in [-0.2, 0) is 11.2 Å². The summed E-state index contributed by atoms with van der Waals surface area (Å²) in [5.41, 5.74) is 8.01. The van der Waals surface area contributed by atoms with E-state index in [1.807, 2.05) is 62.4 Å². The largest absolute Gasteiger partial charge is 0.465 e. The van der Waals surface area contributed by atoms with E-state index in [0.717, 1.165) is 39.1 Å². The first-order chi connectivity index (χ1) is 17.4. The Bertz CT molecular complexity index is 1450. The molecule has 0 aliphatic carbocycles. The molecule has 6 heteroatoms. The molecule has 0 saturated carbocycles. The third kappa shape index (κ3) is 5.33. The molecule has 4 rings (SSSR count). The van der Waals surface area contributed by atoms with Crippen molar-refractivity contribution in [3.8, 4) is 22.3 Å². The molecule has 5 nitrogen and oxygen atoms in total. The molecule has 0 amide bonds. The van der Waals surface area contributed by atoms with Gasteiger partial charge in [-0.2, -0.15) is 0 Å². The van der Waals surface area contributed by atoms with Gasteiger partial charge < -0.3 is 9.94 Å². The third-order valence-corrected chi connectivity index (χ3v) is 6.26. The van der Waals surface area contributed by atoms with Gasteiger partial charge in [-0.15, -0.1) is 0 Å². The van der Waals surface area contributed by atoms with E-state index in [4.69, 9.17) is 0 Å². The summed E-state index contributed by atoms with van der Waals surface area (Å²) < 4.78 is 19.0. The summed E-state index contributed by atoms with van der Waals surface area (Å²) in [6.45, 7) is 3.98. The van der Waals surface area contributed by atoms with Crippen molar-refractivity contribution in [3.63, 3.8) is 0 Å². The van der Waals surface area contributed by atoms with Crippen molar-refractivity contribution in [3.05, 3.63) is 113 Å². The molecule has 0 aliphatic rings. The maximum Gasteiger partial charge on any atom is 0.340 e. The minimum atomic E-state index is -0.706. The van der Waals surface area contributed by atoms with Crippen LogP contribution in [0.5, 0.6) is 0 Å². The molecule has 0 spiro atoms. The lowest BCUT2D eigenvalue weighted by atomic mass is 9.92. The number of carbonyl (C=O) groups excluding carboxylic acids is 1. The molecule has 0 bridgehead atoms. The highest BCUT2D eigenvalue weighted by atomic mass is 19.1. The van der Waals surface area contributed by atoms with E-state index in [-0.39, 0.29) is 5.56 Å². The quantitative estimate of drug-likeness (QED) is 0.137. The summed E-state index contributed by atoms with van der Waals surface area (Å²) in [6, 6.07) is 22.2. The van der Waals surface area contributed by atoms with E-state index in [1.165, 1.54) is 19.2 Å². The predicted octanol–water partition coefficient (Wildman–Crippen LogP) is 6.77. The first-order valence-corrected chi connectivity index (χ1v) is 11.6. The summed E-state index contributed by atoms with van der Waals surface area (Å²) in [5.74, 6) is -1.33. The number of ether oxygens (including phenoxy) is 1. The topological polar surface area (TPSA) is 71.8 Å². The fourth-order valence-corrected chi connectivity index (χ4v) is 4.35. The van der Waals surface area contributed by atoms with Crippen molar-refractivity contribution >= 4 is 11.7 Å². The van der Waals surface area contributed by atoms with Crippen LogP contribution >= 0.6 is 0 Å². The molecular weight excluding hydrogens is 455 g/mol. The first-order valence-electron chi connectivity index (χ1n) is 11.6. The highest BCUT2D eigenvalue weighted by molar-refractivity contribution is 6.03. The van der Waals surface area contributed by atoms with Gasteiger partial charge >= 0.3 is 5.97 Å². The molecule has 0 aliphatic heterocycles. The second-order valence-electron chi connectivity index (χ2n) is 8.60. The number of aryl methyl sites for hydroxylation is 2. The number of carbonyl (C=O) groups is 1. The summed E-state index contributed by atoms with van der Waals surface area (Å²) in [5, 5.41) is 13.5. The zero-order chi connectivity index (χ0) is 25.7. The van der Waals surface area contributed by atoms with Crippen molar-refractivity contribution < 1.29 is 19.1 Å². The Balaban J connectivity index is 1.55. The average molecular weight is 483 g/mol. The first kappa shape index (κ1) is 24.8. The van der Waals surface area contributed by atoms with Gasteiger partial charge in [-0.1, -0.05) is 53.7 Å². The molecule has 4 aromatic rings.